The van der Waals surface area contributed by atoms with Crippen molar-refractivity contribution in [1.29, 1.82) is 0 Å². The number of amides is 2. The van der Waals surface area contributed by atoms with E-state index < -0.39 is 48.2 Å². The summed E-state index contributed by atoms with van der Waals surface area (Å²) in [6, 6.07) is 9.71. The van der Waals surface area contributed by atoms with Gasteiger partial charge in [0.25, 0.3) is 0 Å². The fourth-order valence-corrected chi connectivity index (χ4v) is 4.62. The van der Waals surface area contributed by atoms with Crippen molar-refractivity contribution < 1.29 is 37.7 Å². The number of carbonyl (C=O) groups excluding carboxylic acids is 1. The van der Waals surface area contributed by atoms with Crippen LogP contribution in [0.1, 0.15) is 17.0 Å². The average Bonchev–Trinajstić information content (AvgIpc) is 3.49. The van der Waals surface area contributed by atoms with E-state index >= 15 is 0 Å². The van der Waals surface area contributed by atoms with Gasteiger partial charge in [-0.3, -0.25) is 10.2 Å². The Bertz CT molecular complexity index is 1290. The Morgan fingerprint density at radius 3 is 2.52 bits per heavy atom. The van der Waals surface area contributed by atoms with E-state index in [2.05, 4.69) is 15.7 Å². The van der Waals surface area contributed by atoms with E-state index in [1.54, 1.807) is 38.3 Å². The maximum Gasteiger partial charge on any atom is 0.320 e. The Labute approximate surface area is 229 Å². The predicted octanol–water partition coefficient (Wildman–Crippen LogP) is 2.57. The van der Waals surface area contributed by atoms with Gasteiger partial charge < -0.3 is 25.0 Å². The van der Waals surface area contributed by atoms with Crippen LogP contribution in [-0.2, 0) is 4.74 Å². The van der Waals surface area contributed by atoms with Gasteiger partial charge in [0.2, 0.25) is 5.88 Å². The number of carbonyl (C=O) groups is 1. The SMILES string of the molecule is COCCN1C[C@@H](NC(=O)Nc2c(C)c(OC[C@H](O)CO)nn2-c2ccccc2)[C@H](c2cc(F)c(F)c(F)c2)C1. The zero-order valence-electron chi connectivity index (χ0n) is 22.1. The molecule has 2 amide bonds. The van der Waals surface area contributed by atoms with Crippen molar-refractivity contribution in [2.45, 2.75) is 25.0 Å². The van der Waals surface area contributed by atoms with Crippen LogP contribution in [0.15, 0.2) is 42.5 Å². The van der Waals surface area contributed by atoms with Crippen LogP contribution in [0.2, 0.25) is 0 Å². The van der Waals surface area contributed by atoms with Gasteiger partial charge in [-0.2, -0.15) is 0 Å². The van der Waals surface area contributed by atoms with Crippen LogP contribution in [0.5, 0.6) is 5.88 Å². The van der Waals surface area contributed by atoms with E-state index in [1.807, 2.05) is 11.0 Å². The highest BCUT2D eigenvalue weighted by molar-refractivity contribution is 5.90. The number of methoxy groups -OCH3 is 1. The molecular formula is C27H32F3N5O5. The molecule has 4 N–H and O–H groups in total. The molecule has 1 aliphatic heterocycles. The van der Waals surface area contributed by atoms with Crippen molar-refractivity contribution in [1.82, 2.24) is 20.0 Å². The maximum absolute atomic E-state index is 14.1. The molecule has 0 radical (unpaired) electrons. The number of aliphatic hydroxyl groups excluding tert-OH is 2. The number of hydrogen-bond acceptors (Lipinski definition) is 7. The number of nitrogens with zero attached hydrogens (tertiary/aromatic N) is 3. The number of halogens is 3. The molecule has 3 aromatic rings. The summed E-state index contributed by atoms with van der Waals surface area (Å²) in [6.45, 7) is 2.66. The first-order chi connectivity index (χ1) is 19.2. The van der Waals surface area contributed by atoms with Crippen molar-refractivity contribution >= 4 is 11.8 Å². The molecule has 0 aliphatic carbocycles. The first-order valence-corrected chi connectivity index (χ1v) is 12.7. The lowest BCUT2D eigenvalue weighted by Crippen LogP contribution is -2.42. The highest BCUT2D eigenvalue weighted by Gasteiger charge is 2.36. The average molecular weight is 564 g/mol. The lowest BCUT2D eigenvalue weighted by Gasteiger charge is -2.21. The number of benzene rings is 2. The zero-order chi connectivity index (χ0) is 28.8. The molecule has 2 aromatic carbocycles. The van der Waals surface area contributed by atoms with E-state index in [4.69, 9.17) is 14.6 Å². The second kappa shape index (κ2) is 13.1. The number of ether oxygens (including phenoxy) is 2. The minimum Gasteiger partial charge on any atom is -0.474 e. The molecule has 13 heteroatoms. The summed E-state index contributed by atoms with van der Waals surface area (Å²) in [4.78, 5) is 15.3. The molecule has 1 aliphatic rings. The normalized spacial score (nSPS) is 18.1. The van der Waals surface area contributed by atoms with Crippen molar-refractivity contribution in [2.75, 3.05) is 51.9 Å². The van der Waals surface area contributed by atoms with Gasteiger partial charge in [-0.05, 0) is 36.8 Å². The van der Waals surface area contributed by atoms with Crippen LogP contribution < -0.4 is 15.4 Å². The van der Waals surface area contributed by atoms with Crippen molar-refractivity contribution in [3.8, 4) is 11.6 Å². The Morgan fingerprint density at radius 2 is 1.88 bits per heavy atom. The van der Waals surface area contributed by atoms with Gasteiger partial charge in [0, 0.05) is 32.7 Å². The molecule has 0 spiro atoms. The first-order valence-electron chi connectivity index (χ1n) is 12.7. The molecule has 1 aromatic heterocycles. The zero-order valence-corrected chi connectivity index (χ0v) is 22.1. The number of likely N-dealkylation sites (tertiary alicyclic amines) is 1. The Balaban J connectivity index is 1.58. The van der Waals surface area contributed by atoms with Gasteiger partial charge in [0.1, 0.15) is 18.5 Å². The quantitative estimate of drug-likeness (QED) is 0.265. The number of hydrogen-bond donors (Lipinski definition) is 4. The standard InChI is InChI=1S/C27H32F3N5O5/c1-16-25(35(18-6-4-3-5-7-18)33-26(16)40-15-19(37)14-36)32-27(38)31-23-13-34(8-9-39-2)12-20(23)17-10-21(28)24(30)22(29)11-17/h3-7,10-11,19-20,23,36-37H,8-9,12-15H2,1-2H3,(H2,31,32,38)/t19-,20+,23-/m1/s1. The highest BCUT2D eigenvalue weighted by atomic mass is 19.2. The van der Waals surface area contributed by atoms with Gasteiger partial charge >= 0.3 is 6.03 Å². The van der Waals surface area contributed by atoms with Crippen LogP contribution in [0.25, 0.3) is 5.69 Å². The van der Waals surface area contributed by atoms with E-state index in [9.17, 15) is 23.1 Å². The van der Waals surface area contributed by atoms with Crippen molar-refractivity contribution in [3.05, 3.63) is 71.0 Å². The molecule has 1 saturated heterocycles. The Morgan fingerprint density at radius 1 is 1.18 bits per heavy atom. The minimum atomic E-state index is -1.55. The van der Waals surface area contributed by atoms with Gasteiger partial charge in [-0.15, -0.1) is 5.10 Å². The molecule has 1 fully saturated rings. The second-order valence-electron chi connectivity index (χ2n) is 9.54. The third kappa shape index (κ3) is 6.73. The van der Waals surface area contributed by atoms with E-state index in [-0.39, 0.29) is 18.1 Å². The van der Waals surface area contributed by atoms with Gasteiger partial charge in [0.05, 0.1) is 30.5 Å². The molecule has 4 rings (SSSR count). The minimum absolute atomic E-state index is 0.147. The number of nitrogens with one attached hydrogen (secondary N) is 2. The van der Waals surface area contributed by atoms with Crippen LogP contribution in [-0.4, -0.2) is 89.6 Å². The van der Waals surface area contributed by atoms with Crippen LogP contribution >= 0.6 is 0 Å². The van der Waals surface area contributed by atoms with Crippen molar-refractivity contribution in [2.24, 2.45) is 0 Å². The Kier molecular flexibility index (Phi) is 9.63. The summed E-state index contributed by atoms with van der Waals surface area (Å²) < 4.78 is 53.9. The van der Waals surface area contributed by atoms with Crippen molar-refractivity contribution in [3.63, 3.8) is 0 Å². The maximum atomic E-state index is 14.1. The molecular weight excluding hydrogens is 531 g/mol. The van der Waals surface area contributed by atoms with E-state index in [0.29, 0.717) is 43.3 Å². The fourth-order valence-electron chi connectivity index (χ4n) is 4.62. The molecule has 3 atom stereocenters. The molecule has 216 valence electrons. The molecule has 0 unspecified atom stereocenters. The number of aromatic nitrogens is 2. The number of para-hydroxylation sites is 1. The number of rotatable bonds is 11. The molecule has 0 bridgehead atoms. The summed E-state index contributed by atoms with van der Waals surface area (Å²) in [5, 5.41) is 28.9. The van der Waals surface area contributed by atoms with Crippen LogP contribution in [0.4, 0.5) is 23.8 Å². The van der Waals surface area contributed by atoms with Gasteiger partial charge in [-0.1, -0.05) is 18.2 Å². The molecule has 40 heavy (non-hydrogen) atoms. The lowest BCUT2D eigenvalue weighted by atomic mass is 9.94. The summed E-state index contributed by atoms with van der Waals surface area (Å²) in [5.74, 6) is -4.22. The van der Waals surface area contributed by atoms with Gasteiger partial charge in [-0.25, -0.2) is 22.6 Å². The smallest absolute Gasteiger partial charge is 0.320 e. The summed E-state index contributed by atoms with van der Waals surface area (Å²) in [6.07, 6.45) is -1.11. The summed E-state index contributed by atoms with van der Waals surface area (Å²) in [5.41, 5.74) is 1.32. The van der Waals surface area contributed by atoms with Crippen LogP contribution in [0, 0.1) is 24.4 Å². The second-order valence-corrected chi connectivity index (χ2v) is 9.54. The van der Waals surface area contributed by atoms with Gasteiger partial charge in [0.15, 0.2) is 17.5 Å². The molecule has 10 nitrogen and oxygen atoms in total. The van der Waals surface area contributed by atoms with Crippen LogP contribution in [0.3, 0.4) is 0 Å². The fraction of sp³-hybridized carbons (Fsp3) is 0.407. The Hall–Kier alpha value is -3.65. The third-order valence-corrected chi connectivity index (χ3v) is 6.69. The lowest BCUT2D eigenvalue weighted by molar-refractivity contribution is 0.0518. The predicted molar refractivity (Wildman–Crippen MR) is 140 cm³/mol. The number of anilines is 1. The largest absolute Gasteiger partial charge is 0.474 e. The van der Waals surface area contributed by atoms with E-state index in [1.165, 1.54) is 4.68 Å². The summed E-state index contributed by atoms with van der Waals surface area (Å²) >= 11 is 0. The molecule has 2 heterocycles. The number of aliphatic hydroxyl groups is 2. The monoisotopic (exact) mass is 563 g/mol. The number of urea groups is 1. The topological polar surface area (TPSA) is 121 Å². The highest BCUT2D eigenvalue weighted by Crippen LogP contribution is 2.31. The third-order valence-electron chi connectivity index (χ3n) is 6.69. The first kappa shape index (κ1) is 29.3. The summed E-state index contributed by atoms with van der Waals surface area (Å²) in [7, 11) is 1.56. The van der Waals surface area contributed by atoms with E-state index in [0.717, 1.165) is 12.1 Å². The molecule has 0 saturated carbocycles.